The van der Waals surface area contributed by atoms with Crippen LogP contribution in [0.25, 0.3) is 0 Å². The normalized spacial score (nSPS) is 13.5. The van der Waals surface area contributed by atoms with Crippen molar-refractivity contribution in [2.75, 3.05) is 20.3 Å². The molecule has 1 amide bonds. The number of amides is 1. The van der Waals surface area contributed by atoms with Crippen LogP contribution in [0.15, 0.2) is 18.2 Å². The van der Waals surface area contributed by atoms with Crippen molar-refractivity contribution in [1.29, 1.82) is 0 Å². The van der Waals surface area contributed by atoms with E-state index in [1.165, 1.54) is 18.2 Å². The van der Waals surface area contributed by atoms with E-state index in [0.29, 0.717) is 25.3 Å². The van der Waals surface area contributed by atoms with Crippen LogP contribution in [0.2, 0.25) is 0 Å². The van der Waals surface area contributed by atoms with Gasteiger partial charge < -0.3 is 14.6 Å². The first kappa shape index (κ1) is 19.5. The van der Waals surface area contributed by atoms with Crippen molar-refractivity contribution in [3.63, 3.8) is 0 Å². The molecule has 1 heterocycles. The number of hydrogen-bond acceptors (Lipinski definition) is 2. The molecule has 2 aromatic rings. The van der Waals surface area contributed by atoms with E-state index in [0.717, 1.165) is 42.5 Å². The summed E-state index contributed by atoms with van der Waals surface area (Å²) < 4.78 is 35.3. The van der Waals surface area contributed by atoms with Crippen LogP contribution in [-0.2, 0) is 24.1 Å². The van der Waals surface area contributed by atoms with E-state index in [1.54, 1.807) is 7.11 Å². The van der Waals surface area contributed by atoms with Crippen LogP contribution in [0.3, 0.4) is 0 Å². The number of carbonyl (C=O) groups excluding carboxylic acids is 1. The predicted molar refractivity (Wildman–Crippen MR) is 100 cm³/mol. The zero-order valence-electron chi connectivity index (χ0n) is 15.9. The van der Waals surface area contributed by atoms with Crippen molar-refractivity contribution in [2.24, 2.45) is 0 Å². The summed E-state index contributed by atoms with van der Waals surface area (Å²) in [5.41, 5.74) is 3.62. The van der Waals surface area contributed by atoms with E-state index in [-0.39, 0.29) is 18.0 Å². The van der Waals surface area contributed by atoms with Crippen LogP contribution in [0, 0.1) is 18.6 Å². The average molecular weight is 376 g/mol. The van der Waals surface area contributed by atoms with Gasteiger partial charge in [0, 0.05) is 31.5 Å². The summed E-state index contributed by atoms with van der Waals surface area (Å²) in [5.74, 6) is -1.37. The molecule has 0 radical (unpaired) electrons. The number of methoxy groups -OCH3 is 1. The first-order valence-electron chi connectivity index (χ1n) is 9.45. The van der Waals surface area contributed by atoms with Gasteiger partial charge >= 0.3 is 0 Å². The zero-order chi connectivity index (χ0) is 19.4. The van der Waals surface area contributed by atoms with E-state index >= 15 is 0 Å². The highest BCUT2D eigenvalue weighted by atomic mass is 19.1. The largest absolute Gasteiger partial charge is 0.385 e. The summed E-state index contributed by atoms with van der Waals surface area (Å²) in [5, 5.41) is 2.91. The van der Waals surface area contributed by atoms with Gasteiger partial charge in [-0.05, 0) is 62.3 Å². The fourth-order valence-corrected chi connectivity index (χ4v) is 3.88. The number of nitrogens with zero attached hydrogens (tertiary/aromatic N) is 1. The molecule has 0 bridgehead atoms. The summed E-state index contributed by atoms with van der Waals surface area (Å²) in [6, 6.07) is 3.87. The van der Waals surface area contributed by atoms with Crippen LogP contribution in [0.5, 0.6) is 0 Å². The Balaban J connectivity index is 1.97. The molecule has 0 aliphatic heterocycles. The van der Waals surface area contributed by atoms with Gasteiger partial charge in [-0.15, -0.1) is 0 Å². The lowest BCUT2D eigenvalue weighted by molar-refractivity contribution is 0.0938. The lowest BCUT2D eigenvalue weighted by atomic mass is 9.95. The predicted octanol–water partition coefficient (Wildman–Crippen LogP) is 3.77. The quantitative estimate of drug-likeness (QED) is 0.748. The van der Waals surface area contributed by atoms with Gasteiger partial charge in [-0.25, -0.2) is 8.78 Å². The Morgan fingerprint density at radius 3 is 2.63 bits per heavy atom. The number of rotatable bonds is 7. The number of hydrogen-bond donors (Lipinski definition) is 1. The summed E-state index contributed by atoms with van der Waals surface area (Å²) in [6.07, 6.45) is 4.52. The van der Waals surface area contributed by atoms with Crippen LogP contribution in [-0.4, -0.2) is 30.7 Å². The fourth-order valence-electron chi connectivity index (χ4n) is 3.88. The maximum atomic E-state index is 14.2. The van der Waals surface area contributed by atoms with E-state index in [9.17, 15) is 13.6 Å². The molecule has 1 aromatic carbocycles. The molecule has 146 valence electrons. The van der Waals surface area contributed by atoms with Crippen LogP contribution in [0.4, 0.5) is 8.78 Å². The van der Waals surface area contributed by atoms with Gasteiger partial charge in [-0.1, -0.05) is 6.07 Å². The van der Waals surface area contributed by atoms with E-state index in [2.05, 4.69) is 5.32 Å². The maximum absolute atomic E-state index is 14.2. The first-order chi connectivity index (χ1) is 13.0. The number of fused-ring (bicyclic) bond motifs is 1. The Morgan fingerprint density at radius 1 is 1.22 bits per heavy atom. The molecule has 0 spiro atoms. The minimum Gasteiger partial charge on any atom is -0.385 e. The summed E-state index contributed by atoms with van der Waals surface area (Å²) in [4.78, 5) is 12.9. The van der Waals surface area contributed by atoms with Gasteiger partial charge in [0.15, 0.2) is 0 Å². The van der Waals surface area contributed by atoms with E-state index < -0.39 is 11.6 Å². The van der Waals surface area contributed by atoms with Crippen molar-refractivity contribution < 1.29 is 18.3 Å². The summed E-state index contributed by atoms with van der Waals surface area (Å²) in [7, 11) is 1.62. The van der Waals surface area contributed by atoms with Crippen LogP contribution in [0.1, 0.15) is 52.1 Å². The number of benzene rings is 1. The second kappa shape index (κ2) is 8.65. The minimum absolute atomic E-state index is 0.00527. The SMILES string of the molecule is COCCCNC(=O)c1c(C)c2c(n1Cc1c(F)cccc1F)CCCC2. The van der Waals surface area contributed by atoms with Gasteiger partial charge in [0.1, 0.15) is 17.3 Å². The Labute approximate surface area is 158 Å². The third-order valence-electron chi connectivity index (χ3n) is 5.25. The number of nitrogens with one attached hydrogen (secondary N) is 1. The van der Waals surface area contributed by atoms with Crippen LogP contribution < -0.4 is 5.32 Å². The van der Waals surface area contributed by atoms with Crippen LogP contribution >= 0.6 is 0 Å². The number of ether oxygens (including phenoxy) is 1. The summed E-state index contributed by atoms with van der Waals surface area (Å²) >= 11 is 0. The smallest absolute Gasteiger partial charge is 0.268 e. The highest BCUT2D eigenvalue weighted by molar-refractivity contribution is 5.95. The molecule has 1 aliphatic rings. The van der Waals surface area contributed by atoms with Crippen molar-refractivity contribution in [3.05, 3.63) is 57.9 Å². The fraction of sp³-hybridized carbons (Fsp3) is 0.476. The van der Waals surface area contributed by atoms with Gasteiger partial charge in [-0.3, -0.25) is 4.79 Å². The van der Waals surface area contributed by atoms with Crippen molar-refractivity contribution in [3.8, 4) is 0 Å². The molecule has 1 aromatic heterocycles. The van der Waals surface area contributed by atoms with Crippen molar-refractivity contribution >= 4 is 5.91 Å². The molecule has 0 unspecified atom stereocenters. The zero-order valence-corrected chi connectivity index (χ0v) is 15.9. The maximum Gasteiger partial charge on any atom is 0.268 e. The Bertz CT molecular complexity index is 810. The molecular weight excluding hydrogens is 350 g/mol. The molecule has 1 N–H and O–H groups in total. The minimum atomic E-state index is -0.586. The lowest BCUT2D eigenvalue weighted by Crippen LogP contribution is -2.29. The number of carbonyl (C=O) groups is 1. The molecule has 6 heteroatoms. The van der Waals surface area contributed by atoms with Crippen molar-refractivity contribution in [1.82, 2.24) is 9.88 Å². The average Bonchev–Trinajstić information content (AvgIpc) is 2.94. The standard InChI is InChI=1S/C21H26F2N2O2/c1-14-15-7-3-4-10-19(15)25(13-16-17(22)8-5-9-18(16)23)20(14)21(26)24-11-6-12-27-2/h5,8-9H,3-4,6-7,10-13H2,1-2H3,(H,24,26). The second-order valence-corrected chi connectivity index (χ2v) is 6.99. The Morgan fingerprint density at radius 2 is 1.93 bits per heavy atom. The molecule has 4 nitrogen and oxygen atoms in total. The third kappa shape index (κ3) is 4.05. The molecular formula is C21H26F2N2O2. The molecule has 0 saturated carbocycles. The number of aromatic nitrogens is 1. The second-order valence-electron chi connectivity index (χ2n) is 6.99. The van der Waals surface area contributed by atoms with Gasteiger partial charge in [0.2, 0.25) is 0 Å². The van der Waals surface area contributed by atoms with E-state index in [1.807, 2.05) is 11.5 Å². The van der Waals surface area contributed by atoms with Crippen molar-refractivity contribution in [2.45, 2.75) is 45.6 Å². The number of halogens is 2. The third-order valence-corrected chi connectivity index (χ3v) is 5.25. The van der Waals surface area contributed by atoms with E-state index in [4.69, 9.17) is 4.74 Å². The van der Waals surface area contributed by atoms with Gasteiger partial charge in [0.25, 0.3) is 5.91 Å². The first-order valence-corrected chi connectivity index (χ1v) is 9.45. The molecule has 0 atom stereocenters. The summed E-state index contributed by atoms with van der Waals surface area (Å²) in [6.45, 7) is 3.02. The molecule has 1 aliphatic carbocycles. The van der Waals surface area contributed by atoms with Gasteiger partial charge in [-0.2, -0.15) is 0 Å². The molecule has 27 heavy (non-hydrogen) atoms. The van der Waals surface area contributed by atoms with Gasteiger partial charge in [0.05, 0.1) is 6.54 Å². The Kier molecular flexibility index (Phi) is 6.26. The highest BCUT2D eigenvalue weighted by Crippen LogP contribution is 2.31. The molecule has 0 saturated heterocycles. The molecule has 3 rings (SSSR count). The highest BCUT2D eigenvalue weighted by Gasteiger charge is 2.27. The topological polar surface area (TPSA) is 43.3 Å². The lowest BCUT2D eigenvalue weighted by Gasteiger charge is -2.18. The molecule has 0 fully saturated rings. The monoisotopic (exact) mass is 376 g/mol. The Hall–Kier alpha value is -2.21.